The van der Waals surface area contributed by atoms with Crippen molar-refractivity contribution in [3.63, 3.8) is 0 Å². The molecule has 0 saturated carbocycles. The number of hydrogen-bond donors (Lipinski definition) is 2. The lowest BCUT2D eigenvalue weighted by atomic mass is 9.99. The molecular weight excluding hydrogens is 272 g/mol. The summed E-state index contributed by atoms with van der Waals surface area (Å²) in [5, 5.41) is 17.1. The number of tetrazole rings is 1. The second-order valence-electron chi connectivity index (χ2n) is 4.95. The van der Waals surface area contributed by atoms with Gasteiger partial charge in [0, 0.05) is 24.2 Å². The van der Waals surface area contributed by atoms with Gasteiger partial charge in [0.15, 0.2) is 0 Å². The van der Waals surface area contributed by atoms with Crippen LogP contribution in [0.3, 0.4) is 0 Å². The summed E-state index contributed by atoms with van der Waals surface area (Å²) in [6.07, 6.45) is 2.00. The second kappa shape index (κ2) is 5.88. The molecule has 8 heteroatoms. The number of carbonyl (C=O) groups excluding carboxylic acids is 1. The third-order valence-corrected chi connectivity index (χ3v) is 3.36. The van der Waals surface area contributed by atoms with Gasteiger partial charge in [-0.25, -0.2) is 4.68 Å². The van der Waals surface area contributed by atoms with E-state index in [9.17, 15) is 4.79 Å². The Morgan fingerprint density at radius 1 is 1.48 bits per heavy atom. The van der Waals surface area contributed by atoms with Crippen LogP contribution in [0.4, 0.5) is 5.69 Å². The SMILES string of the molecule is COc1cc(NC(=O)CC2CNC2)cc(-n2cnnn2)c1. The topological polar surface area (TPSA) is 94.0 Å². The second-order valence-corrected chi connectivity index (χ2v) is 4.95. The van der Waals surface area contributed by atoms with Crippen molar-refractivity contribution in [3.05, 3.63) is 24.5 Å². The number of nitrogens with zero attached hydrogens (tertiary/aromatic N) is 4. The molecule has 2 N–H and O–H groups in total. The third kappa shape index (κ3) is 3.16. The lowest BCUT2D eigenvalue weighted by molar-refractivity contribution is -0.117. The predicted molar refractivity (Wildman–Crippen MR) is 75.3 cm³/mol. The molecule has 0 spiro atoms. The summed E-state index contributed by atoms with van der Waals surface area (Å²) in [6, 6.07) is 5.36. The number of anilines is 1. The molecule has 0 unspecified atom stereocenters. The average Bonchev–Trinajstić information content (AvgIpc) is 2.96. The van der Waals surface area contributed by atoms with E-state index in [0.717, 1.165) is 18.8 Å². The van der Waals surface area contributed by atoms with Crippen LogP contribution in [0.5, 0.6) is 5.75 Å². The summed E-state index contributed by atoms with van der Waals surface area (Å²) in [5.74, 6) is 1.05. The molecule has 1 aliphatic heterocycles. The van der Waals surface area contributed by atoms with Crippen LogP contribution < -0.4 is 15.4 Å². The lowest BCUT2D eigenvalue weighted by Crippen LogP contribution is -2.43. The molecule has 1 aromatic heterocycles. The molecule has 1 aromatic carbocycles. The number of nitrogens with one attached hydrogen (secondary N) is 2. The first-order valence-corrected chi connectivity index (χ1v) is 6.67. The highest BCUT2D eigenvalue weighted by atomic mass is 16.5. The largest absolute Gasteiger partial charge is 0.497 e. The monoisotopic (exact) mass is 288 g/mol. The fraction of sp³-hybridized carbons (Fsp3) is 0.385. The minimum atomic E-state index is -0.00239. The van der Waals surface area contributed by atoms with Crippen LogP contribution in [-0.2, 0) is 4.79 Å². The Kier molecular flexibility index (Phi) is 3.78. The molecule has 0 atom stereocenters. The van der Waals surface area contributed by atoms with Gasteiger partial charge in [0.05, 0.1) is 12.8 Å². The first-order chi connectivity index (χ1) is 10.2. The van der Waals surface area contributed by atoms with Crippen LogP contribution in [0.25, 0.3) is 5.69 Å². The number of amides is 1. The zero-order chi connectivity index (χ0) is 14.7. The maximum atomic E-state index is 12.0. The first-order valence-electron chi connectivity index (χ1n) is 6.67. The Hall–Kier alpha value is -2.48. The molecule has 2 aromatic rings. The van der Waals surface area contributed by atoms with Crippen molar-refractivity contribution in [2.45, 2.75) is 6.42 Å². The van der Waals surface area contributed by atoms with Gasteiger partial charge in [-0.1, -0.05) is 0 Å². The van der Waals surface area contributed by atoms with E-state index < -0.39 is 0 Å². The van der Waals surface area contributed by atoms with Crippen molar-refractivity contribution < 1.29 is 9.53 Å². The maximum Gasteiger partial charge on any atom is 0.224 e. The minimum absolute atomic E-state index is 0.00239. The molecule has 1 amide bonds. The van der Waals surface area contributed by atoms with E-state index in [0.29, 0.717) is 23.8 Å². The van der Waals surface area contributed by atoms with Crippen molar-refractivity contribution in [2.75, 3.05) is 25.5 Å². The van der Waals surface area contributed by atoms with Gasteiger partial charge in [-0.05, 0) is 35.5 Å². The summed E-state index contributed by atoms with van der Waals surface area (Å²) in [4.78, 5) is 12.0. The van der Waals surface area contributed by atoms with Crippen LogP contribution >= 0.6 is 0 Å². The van der Waals surface area contributed by atoms with Crippen molar-refractivity contribution in [2.24, 2.45) is 5.92 Å². The summed E-state index contributed by atoms with van der Waals surface area (Å²) in [5.41, 5.74) is 1.39. The van der Waals surface area contributed by atoms with Gasteiger partial charge >= 0.3 is 0 Å². The predicted octanol–water partition coefficient (Wildman–Crippen LogP) is 0.219. The Morgan fingerprint density at radius 3 is 2.95 bits per heavy atom. The van der Waals surface area contributed by atoms with Gasteiger partial charge < -0.3 is 15.4 Å². The Morgan fingerprint density at radius 2 is 2.33 bits per heavy atom. The first kappa shape index (κ1) is 13.5. The van der Waals surface area contributed by atoms with E-state index in [-0.39, 0.29) is 5.91 Å². The number of rotatable bonds is 5. The molecule has 0 aliphatic carbocycles. The van der Waals surface area contributed by atoms with Crippen molar-refractivity contribution in [3.8, 4) is 11.4 Å². The van der Waals surface area contributed by atoms with Crippen LogP contribution in [-0.4, -0.2) is 46.3 Å². The number of ether oxygens (including phenoxy) is 1. The van der Waals surface area contributed by atoms with Crippen molar-refractivity contribution >= 4 is 11.6 Å². The molecule has 0 radical (unpaired) electrons. The number of carbonyl (C=O) groups is 1. The average molecular weight is 288 g/mol. The third-order valence-electron chi connectivity index (χ3n) is 3.36. The molecule has 110 valence electrons. The highest BCUT2D eigenvalue weighted by molar-refractivity contribution is 5.91. The van der Waals surface area contributed by atoms with Gasteiger partial charge in [0.1, 0.15) is 12.1 Å². The van der Waals surface area contributed by atoms with Gasteiger partial charge in [0.2, 0.25) is 5.91 Å². The van der Waals surface area contributed by atoms with Crippen LogP contribution in [0.2, 0.25) is 0 Å². The number of benzene rings is 1. The van der Waals surface area contributed by atoms with Gasteiger partial charge in [0.25, 0.3) is 0 Å². The summed E-state index contributed by atoms with van der Waals surface area (Å²) in [6.45, 7) is 1.81. The molecule has 0 bridgehead atoms. The molecular formula is C13H16N6O2. The zero-order valence-electron chi connectivity index (χ0n) is 11.6. The Labute approximate surface area is 121 Å². The quantitative estimate of drug-likeness (QED) is 0.817. The summed E-state index contributed by atoms with van der Waals surface area (Å²) >= 11 is 0. The van der Waals surface area contributed by atoms with Crippen LogP contribution in [0, 0.1) is 5.92 Å². The smallest absolute Gasteiger partial charge is 0.224 e. The van der Waals surface area contributed by atoms with E-state index in [1.807, 2.05) is 0 Å². The van der Waals surface area contributed by atoms with Crippen molar-refractivity contribution in [1.82, 2.24) is 25.5 Å². The lowest BCUT2D eigenvalue weighted by Gasteiger charge is -2.26. The van der Waals surface area contributed by atoms with Gasteiger partial charge in [-0.2, -0.15) is 0 Å². The fourth-order valence-corrected chi connectivity index (χ4v) is 2.15. The fourth-order valence-electron chi connectivity index (χ4n) is 2.15. The molecule has 8 nitrogen and oxygen atoms in total. The number of hydrogen-bond acceptors (Lipinski definition) is 6. The van der Waals surface area contributed by atoms with E-state index in [4.69, 9.17) is 4.74 Å². The Balaban J connectivity index is 1.77. The van der Waals surface area contributed by atoms with E-state index in [1.165, 1.54) is 11.0 Å². The summed E-state index contributed by atoms with van der Waals surface area (Å²) in [7, 11) is 1.57. The van der Waals surface area contributed by atoms with E-state index in [1.54, 1.807) is 25.3 Å². The normalized spacial score (nSPS) is 14.5. The molecule has 3 rings (SSSR count). The molecule has 2 heterocycles. The number of aromatic nitrogens is 4. The standard InChI is InChI=1S/C13H16N6O2/c1-21-12-4-10(16-13(20)2-9-6-14-7-9)3-11(5-12)19-8-15-17-18-19/h3-5,8-9,14H,2,6-7H2,1H3,(H,16,20). The van der Waals surface area contributed by atoms with Crippen LogP contribution in [0.15, 0.2) is 24.5 Å². The maximum absolute atomic E-state index is 12.0. The van der Waals surface area contributed by atoms with E-state index >= 15 is 0 Å². The number of methoxy groups -OCH3 is 1. The van der Waals surface area contributed by atoms with Crippen LogP contribution in [0.1, 0.15) is 6.42 Å². The summed E-state index contributed by atoms with van der Waals surface area (Å²) < 4.78 is 6.75. The molecule has 1 fully saturated rings. The molecule has 1 saturated heterocycles. The van der Waals surface area contributed by atoms with Gasteiger partial charge in [-0.3, -0.25) is 4.79 Å². The molecule has 1 aliphatic rings. The van der Waals surface area contributed by atoms with Crippen molar-refractivity contribution in [1.29, 1.82) is 0 Å². The molecule has 21 heavy (non-hydrogen) atoms. The highest BCUT2D eigenvalue weighted by Gasteiger charge is 2.20. The highest BCUT2D eigenvalue weighted by Crippen LogP contribution is 2.23. The van der Waals surface area contributed by atoms with E-state index in [2.05, 4.69) is 26.2 Å². The minimum Gasteiger partial charge on any atom is -0.497 e. The zero-order valence-corrected chi connectivity index (χ0v) is 11.6. The van der Waals surface area contributed by atoms with Gasteiger partial charge in [-0.15, -0.1) is 5.10 Å². The Bertz CT molecular complexity index is 624.